The molecule has 8 nitrogen and oxygen atoms in total. The molecular formula is C24H21N5O3. The molecule has 0 aliphatic carbocycles. The van der Waals surface area contributed by atoms with Gasteiger partial charge in [-0.15, -0.1) is 0 Å². The number of anilines is 1. The summed E-state index contributed by atoms with van der Waals surface area (Å²) in [5.74, 6) is 1.65. The third-order valence-corrected chi connectivity index (χ3v) is 5.15. The molecule has 5 rings (SSSR count). The van der Waals surface area contributed by atoms with Gasteiger partial charge in [0.15, 0.2) is 0 Å². The number of pyridine rings is 1. The third kappa shape index (κ3) is 4.29. The number of hydrogen-bond acceptors (Lipinski definition) is 6. The van der Waals surface area contributed by atoms with Gasteiger partial charge in [0.05, 0.1) is 18.7 Å². The number of ether oxygens (including phenoxy) is 1. The summed E-state index contributed by atoms with van der Waals surface area (Å²) in [6.45, 7) is 3.07. The van der Waals surface area contributed by atoms with Gasteiger partial charge in [0.25, 0.3) is 5.89 Å². The Morgan fingerprint density at radius 1 is 1.09 bits per heavy atom. The zero-order valence-corrected chi connectivity index (χ0v) is 17.4. The lowest BCUT2D eigenvalue weighted by molar-refractivity contribution is 0.0493. The molecule has 1 aliphatic heterocycles. The SMILES string of the molecule is Cc1cccc(NC(=O)N2CC(Oc3ccc(-c4noc(-c5cccnc5)n4)cc3)C2)c1. The number of aromatic nitrogens is 3. The monoisotopic (exact) mass is 427 g/mol. The zero-order valence-electron chi connectivity index (χ0n) is 17.4. The van der Waals surface area contributed by atoms with Gasteiger partial charge >= 0.3 is 6.03 Å². The van der Waals surface area contributed by atoms with E-state index in [0.717, 1.165) is 28.1 Å². The average Bonchev–Trinajstić information content (AvgIpc) is 3.27. The van der Waals surface area contributed by atoms with Crippen molar-refractivity contribution in [2.24, 2.45) is 0 Å². The molecule has 2 amide bonds. The Morgan fingerprint density at radius 2 is 1.94 bits per heavy atom. The van der Waals surface area contributed by atoms with Crippen molar-refractivity contribution in [1.29, 1.82) is 0 Å². The van der Waals surface area contributed by atoms with Crippen LogP contribution in [0.25, 0.3) is 22.8 Å². The van der Waals surface area contributed by atoms with E-state index in [0.29, 0.717) is 24.8 Å². The molecule has 0 saturated carbocycles. The fraction of sp³-hybridized carbons (Fsp3) is 0.167. The molecule has 0 atom stereocenters. The second kappa shape index (κ2) is 8.50. The topological polar surface area (TPSA) is 93.4 Å². The van der Waals surface area contributed by atoms with E-state index in [1.807, 2.05) is 67.6 Å². The second-order valence-corrected chi connectivity index (χ2v) is 7.63. The Balaban J connectivity index is 1.14. The highest BCUT2D eigenvalue weighted by atomic mass is 16.5. The van der Waals surface area contributed by atoms with Crippen LogP contribution in [0.15, 0.2) is 77.6 Å². The number of amides is 2. The van der Waals surface area contributed by atoms with Crippen LogP contribution >= 0.6 is 0 Å². The van der Waals surface area contributed by atoms with Crippen molar-refractivity contribution in [3.05, 3.63) is 78.6 Å². The minimum absolute atomic E-state index is 0.0357. The number of hydrogen-bond donors (Lipinski definition) is 1. The first-order valence-electron chi connectivity index (χ1n) is 10.3. The van der Waals surface area contributed by atoms with Crippen LogP contribution in [0.5, 0.6) is 5.75 Å². The van der Waals surface area contributed by atoms with Gasteiger partial charge in [0.2, 0.25) is 5.82 Å². The molecule has 1 aliphatic rings. The number of aryl methyl sites for hydroxylation is 1. The summed E-state index contributed by atoms with van der Waals surface area (Å²) in [5, 5.41) is 6.96. The molecule has 0 bridgehead atoms. The third-order valence-electron chi connectivity index (χ3n) is 5.15. The summed E-state index contributed by atoms with van der Waals surface area (Å²) in [7, 11) is 0. The van der Waals surface area contributed by atoms with Crippen LogP contribution in [-0.4, -0.2) is 45.2 Å². The molecule has 8 heteroatoms. The van der Waals surface area contributed by atoms with Gasteiger partial charge in [-0.3, -0.25) is 4.98 Å². The molecular weight excluding hydrogens is 406 g/mol. The van der Waals surface area contributed by atoms with Crippen LogP contribution in [0.2, 0.25) is 0 Å². The predicted molar refractivity (Wildman–Crippen MR) is 119 cm³/mol. The second-order valence-electron chi connectivity index (χ2n) is 7.63. The molecule has 160 valence electrons. The maximum absolute atomic E-state index is 12.3. The summed E-state index contributed by atoms with van der Waals surface area (Å²) >= 11 is 0. The molecule has 0 unspecified atom stereocenters. The molecule has 2 aromatic carbocycles. The first-order chi connectivity index (χ1) is 15.6. The Labute approximate surface area is 184 Å². The number of nitrogens with one attached hydrogen (secondary N) is 1. The summed E-state index contributed by atoms with van der Waals surface area (Å²) in [6.07, 6.45) is 3.33. The molecule has 32 heavy (non-hydrogen) atoms. The summed E-state index contributed by atoms with van der Waals surface area (Å²) in [5.41, 5.74) is 3.49. The maximum atomic E-state index is 12.3. The van der Waals surface area contributed by atoms with E-state index < -0.39 is 0 Å². The maximum Gasteiger partial charge on any atom is 0.322 e. The summed E-state index contributed by atoms with van der Waals surface area (Å²) < 4.78 is 11.3. The normalized spacial score (nSPS) is 13.5. The van der Waals surface area contributed by atoms with Crippen molar-refractivity contribution in [2.75, 3.05) is 18.4 Å². The van der Waals surface area contributed by atoms with E-state index in [1.165, 1.54) is 0 Å². The lowest BCUT2D eigenvalue weighted by Gasteiger charge is -2.38. The Bertz CT molecular complexity index is 1220. The number of urea groups is 1. The van der Waals surface area contributed by atoms with Crippen molar-refractivity contribution >= 4 is 11.7 Å². The number of carbonyl (C=O) groups is 1. The van der Waals surface area contributed by atoms with Crippen molar-refractivity contribution < 1.29 is 14.1 Å². The van der Waals surface area contributed by atoms with Crippen LogP contribution in [0.1, 0.15) is 5.56 Å². The first kappa shape index (κ1) is 19.7. The number of benzene rings is 2. The fourth-order valence-electron chi connectivity index (χ4n) is 3.43. The van der Waals surface area contributed by atoms with Gasteiger partial charge in [0, 0.05) is 23.6 Å². The quantitative estimate of drug-likeness (QED) is 0.507. The van der Waals surface area contributed by atoms with Crippen LogP contribution in [0, 0.1) is 6.92 Å². The van der Waals surface area contributed by atoms with E-state index in [1.54, 1.807) is 17.3 Å². The Morgan fingerprint density at radius 3 is 2.69 bits per heavy atom. The molecule has 1 N–H and O–H groups in total. The Hall–Kier alpha value is -4.20. The van der Waals surface area contributed by atoms with Crippen LogP contribution in [-0.2, 0) is 0 Å². The smallest absolute Gasteiger partial charge is 0.322 e. The standard InChI is InChI=1S/C24H21N5O3/c1-16-4-2-6-19(12-16)26-24(30)29-14-21(15-29)31-20-9-7-17(8-10-20)22-27-23(32-28-22)18-5-3-11-25-13-18/h2-13,21H,14-15H2,1H3,(H,26,30). The highest BCUT2D eigenvalue weighted by Crippen LogP contribution is 2.25. The van der Waals surface area contributed by atoms with Crippen molar-refractivity contribution in [1.82, 2.24) is 20.0 Å². The molecule has 2 aromatic heterocycles. The van der Waals surface area contributed by atoms with Gasteiger partial charge < -0.3 is 19.5 Å². The number of rotatable bonds is 5. The molecule has 3 heterocycles. The number of nitrogens with zero attached hydrogens (tertiary/aromatic N) is 4. The lowest BCUT2D eigenvalue weighted by Crippen LogP contribution is -2.57. The largest absolute Gasteiger partial charge is 0.487 e. The van der Waals surface area contributed by atoms with E-state index in [-0.39, 0.29) is 12.1 Å². The molecule has 0 spiro atoms. The minimum atomic E-state index is -0.118. The van der Waals surface area contributed by atoms with Crippen molar-refractivity contribution in [3.63, 3.8) is 0 Å². The van der Waals surface area contributed by atoms with Gasteiger partial charge in [-0.05, 0) is 61.0 Å². The van der Waals surface area contributed by atoms with E-state index >= 15 is 0 Å². The zero-order chi connectivity index (χ0) is 21.9. The average molecular weight is 427 g/mol. The molecule has 0 radical (unpaired) electrons. The highest BCUT2D eigenvalue weighted by molar-refractivity contribution is 5.90. The first-order valence-corrected chi connectivity index (χ1v) is 10.3. The molecule has 1 fully saturated rings. The molecule has 1 saturated heterocycles. The van der Waals surface area contributed by atoms with Crippen molar-refractivity contribution in [2.45, 2.75) is 13.0 Å². The van der Waals surface area contributed by atoms with E-state index in [4.69, 9.17) is 9.26 Å². The van der Waals surface area contributed by atoms with Gasteiger partial charge in [-0.25, -0.2) is 4.79 Å². The fourth-order valence-corrected chi connectivity index (χ4v) is 3.43. The minimum Gasteiger partial charge on any atom is -0.487 e. The Kier molecular flexibility index (Phi) is 5.25. The predicted octanol–water partition coefficient (Wildman–Crippen LogP) is 4.40. The molecule has 4 aromatic rings. The van der Waals surface area contributed by atoms with Gasteiger partial charge in [0.1, 0.15) is 11.9 Å². The van der Waals surface area contributed by atoms with Crippen LogP contribution < -0.4 is 10.1 Å². The van der Waals surface area contributed by atoms with Crippen molar-refractivity contribution in [3.8, 4) is 28.6 Å². The van der Waals surface area contributed by atoms with Crippen LogP contribution in [0.3, 0.4) is 0 Å². The van der Waals surface area contributed by atoms with E-state index in [9.17, 15) is 4.79 Å². The summed E-state index contributed by atoms with van der Waals surface area (Å²) in [6, 6.07) is 18.8. The van der Waals surface area contributed by atoms with E-state index in [2.05, 4.69) is 20.4 Å². The highest BCUT2D eigenvalue weighted by Gasteiger charge is 2.32. The summed E-state index contributed by atoms with van der Waals surface area (Å²) in [4.78, 5) is 22.6. The van der Waals surface area contributed by atoms with Crippen LogP contribution in [0.4, 0.5) is 10.5 Å². The van der Waals surface area contributed by atoms with Gasteiger partial charge in [-0.1, -0.05) is 17.3 Å². The lowest BCUT2D eigenvalue weighted by atomic mass is 10.1. The van der Waals surface area contributed by atoms with Gasteiger partial charge in [-0.2, -0.15) is 4.98 Å². The number of carbonyl (C=O) groups excluding carboxylic acids is 1. The number of likely N-dealkylation sites (tertiary alicyclic amines) is 1.